The van der Waals surface area contributed by atoms with Crippen LogP contribution in [0.5, 0.6) is 0 Å². The van der Waals surface area contributed by atoms with E-state index in [0.717, 1.165) is 4.88 Å². The molecule has 0 saturated heterocycles. The molecule has 5 heteroatoms. The van der Waals surface area contributed by atoms with Gasteiger partial charge in [0.2, 0.25) is 0 Å². The maximum absolute atomic E-state index is 11.8. The van der Waals surface area contributed by atoms with E-state index in [0.29, 0.717) is 24.6 Å². The van der Waals surface area contributed by atoms with E-state index in [1.807, 2.05) is 32.9 Å². The summed E-state index contributed by atoms with van der Waals surface area (Å²) in [6.45, 7) is 7.28. The number of nitrogens with one attached hydrogen (secondary N) is 1. The van der Waals surface area contributed by atoms with Crippen molar-refractivity contribution in [3.05, 3.63) is 21.9 Å². The van der Waals surface area contributed by atoms with Gasteiger partial charge in [-0.2, -0.15) is 0 Å². The van der Waals surface area contributed by atoms with Crippen LogP contribution in [0, 0.1) is 6.92 Å². The van der Waals surface area contributed by atoms with E-state index in [4.69, 9.17) is 9.47 Å². The Morgan fingerprint density at radius 2 is 2.00 bits per heavy atom. The van der Waals surface area contributed by atoms with Crippen LogP contribution in [0.2, 0.25) is 0 Å². The van der Waals surface area contributed by atoms with Gasteiger partial charge in [-0.05, 0) is 32.9 Å². The van der Waals surface area contributed by atoms with Gasteiger partial charge in [-0.25, -0.2) is 0 Å². The van der Waals surface area contributed by atoms with Gasteiger partial charge in [0.05, 0.1) is 11.4 Å². The van der Waals surface area contributed by atoms with Crippen molar-refractivity contribution in [1.29, 1.82) is 0 Å². The molecule has 96 valence electrons. The van der Waals surface area contributed by atoms with Gasteiger partial charge in [0.1, 0.15) is 0 Å². The van der Waals surface area contributed by atoms with Crippen LogP contribution >= 0.6 is 11.3 Å². The molecule has 0 radical (unpaired) electrons. The summed E-state index contributed by atoms with van der Waals surface area (Å²) in [5.74, 6) is -0.0764. The molecule has 4 nitrogen and oxygen atoms in total. The summed E-state index contributed by atoms with van der Waals surface area (Å²) < 4.78 is 10.7. The van der Waals surface area contributed by atoms with Crippen molar-refractivity contribution in [3.8, 4) is 0 Å². The number of ether oxygens (including phenoxy) is 2. The molecule has 0 aromatic carbocycles. The number of hydrogen-bond acceptors (Lipinski definition) is 4. The number of amides is 1. The summed E-state index contributed by atoms with van der Waals surface area (Å²) in [6.07, 6.45) is -0.366. The molecule has 17 heavy (non-hydrogen) atoms. The highest BCUT2D eigenvalue weighted by Crippen LogP contribution is 2.14. The van der Waals surface area contributed by atoms with Crippen molar-refractivity contribution in [2.45, 2.75) is 27.1 Å². The lowest BCUT2D eigenvalue weighted by Crippen LogP contribution is -2.35. The van der Waals surface area contributed by atoms with E-state index >= 15 is 0 Å². The highest BCUT2D eigenvalue weighted by molar-refractivity contribution is 7.13. The van der Waals surface area contributed by atoms with E-state index in [1.165, 1.54) is 11.3 Å². The van der Waals surface area contributed by atoms with Crippen LogP contribution in [-0.2, 0) is 9.47 Å². The average molecular weight is 257 g/mol. The number of hydrogen-bond donors (Lipinski definition) is 1. The summed E-state index contributed by atoms with van der Waals surface area (Å²) in [5, 5.41) is 2.80. The number of aryl methyl sites for hydroxylation is 1. The maximum Gasteiger partial charge on any atom is 0.261 e. The Kier molecular flexibility index (Phi) is 6.18. The van der Waals surface area contributed by atoms with E-state index in [2.05, 4.69) is 5.32 Å². The molecule has 0 fully saturated rings. The Labute approximate surface area is 106 Å². The van der Waals surface area contributed by atoms with Crippen LogP contribution in [0.15, 0.2) is 12.1 Å². The molecule has 0 unspecified atom stereocenters. The second kappa shape index (κ2) is 7.42. The third-order valence-corrected chi connectivity index (χ3v) is 3.10. The van der Waals surface area contributed by atoms with Gasteiger partial charge >= 0.3 is 0 Å². The molecule has 1 rings (SSSR count). The van der Waals surface area contributed by atoms with Crippen molar-refractivity contribution in [3.63, 3.8) is 0 Å². The standard InChI is InChI=1S/C12H19NO3S/c1-4-15-11(16-5-2)8-13-12(14)10-7-6-9(3)17-10/h6-7,11H,4-5,8H2,1-3H3,(H,13,14). The Hall–Kier alpha value is -0.910. The molecular weight excluding hydrogens is 238 g/mol. The lowest BCUT2D eigenvalue weighted by atomic mass is 10.4. The van der Waals surface area contributed by atoms with Gasteiger partial charge < -0.3 is 14.8 Å². The van der Waals surface area contributed by atoms with Crippen molar-refractivity contribution < 1.29 is 14.3 Å². The third kappa shape index (κ3) is 4.85. The van der Waals surface area contributed by atoms with Gasteiger partial charge in [0, 0.05) is 18.1 Å². The summed E-state index contributed by atoms with van der Waals surface area (Å²) in [5.41, 5.74) is 0. The summed E-state index contributed by atoms with van der Waals surface area (Å²) in [6, 6.07) is 3.76. The van der Waals surface area contributed by atoms with Gasteiger partial charge in [-0.1, -0.05) is 0 Å². The van der Waals surface area contributed by atoms with Gasteiger partial charge in [-0.15, -0.1) is 11.3 Å². The molecular formula is C12H19NO3S. The molecule has 0 aliphatic rings. The second-order valence-corrected chi connectivity index (χ2v) is 4.75. The molecule has 0 saturated carbocycles. The zero-order valence-corrected chi connectivity index (χ0v) is 11.3. The molecule has 0 atom stereocenters. The molecule has 1 aromatic rings. The second-order valence-electron chi connectivity index (χ2n) is 3.46. The monoisotopic (exact) mass is 257 g/mol. The van der Waals surface area contributed by atoms with Crippen LogP contribution in [0.4, 0.5) is 0 Å². The first-order chi connectivity index (χ1) is 8.17. The Morgan fingerprint density at radius 1 is 1.35 bits per heavy atom. The predicted molar refractivity (Wildman–Crippen MR) is 68.4 cm³/mol. The van der Waals surface area contributed by atoms with Crippen LogP contribution < -0.4 is 5.32 Å². The van der Waals surface area contributed by atoms with Crippen LogP contribution in [0.1, 0.15) is 28.4 Å². The average Bonchev–Trinajstić information content (AvgIpc) is 2.73. The number of carbonyl (C=O) groups excluding carboxylic acids is 1. The molecule has 1 N–H and O–H groups in total. The molecule has 1 aromatic heterocycles. The fourth-order valence-electron chi connectivity index (χ4n) is 1.36. The van der Waals surface area contributed by atoms with Gasteiger partial charge in [0.15, 0.2) is 6.29 Å². The fourth-order valence-corrected chi connectivity index (χ4v) is 2.14. The topological polar surface area (TPSA) is 47.6 Å². The van der Waals surface area contributed by atoms with Crippen LogP contribution in [0.3, 0.4) is 0 Å². The zero-order valence-electron chi connectivity index (χ0n) is 10.5. The van der Waals surface area contributed by atoms with E-state index in [-0.39, 0.29) is 12.2 Å². The molecule has 0 aliphatic carbocycles. The summed E-state index contributed by atoms with van der Waals surface area (Å²) >= 11 is 1.48. The Balaban J connectivity index is 2.40. The lowest BCUT2D eigenvalue weighted by Gasteiger charge is -2.17. The molecule has 1 amide bonds. The predicted octanol–water partition coefficient (Wildman–Crippen LogP) is 2.19. The highest BCUT2D eigenvalue weighted by Gasteiger charge is 2.12. The number of carbonyl (C=O) groups is 1. The third-order valence-electron chi connectivity index (χ3n) is 2.10. The van der Waals surface area contributed by atoms with Crippen molar-refractivity contribution >= 4 is 17.2 Å². The Morgan fingerprint density at radius 3 is 2.47 bits per heavy atom. The van der Waals surface area contributed by atoms with Crippen molar-refractivity contribution in [1.82, 2.24) is 5.32 Å². The van der Waals surface area contributed by atoms with Crippen molar-refractivity contribution in [2.75, 3.05) is 19.8 Å². The van der Waals surface area contributed by atoms with E-state index in [9.17, 15) is 4.79 Å². The quantitative estimate of drug-likeness (QED) is 0.762. The maximum atomic E-state index is 11.8. The van der Waals surface area contributed by atoms with Crippen LogP contribution in [-0.4, -0.2) is 32.0 Å². The first-order valence-corrected chi connectivity index (χ1v) is 6.56. The summed E-state index contributed by atoms with van der Waals surface area (Å²) in [4.78, 5) is 13.6. The SMILES string of the molecule is CCOC(CNC(=O)c1ccc(C)s1)OCC. The smallest absolute Gasteiger partial charge is 0.261 e. The number of rotatable bonds is 7. The first-order valence-electron chi connectivity index (χ1n) is 5.75. The minimum Gasteiger partial charge on any atom is -0.351 e. The largest absolute Gasteiger partial charge is 0.351 e. The molecule has 0 bridgehead atoms. The zero-order chi connectivity index (χ0) is 12.7. The first kappa shape index (κ1) is 14.2. The highest BCUT2D eigenvalue weighted by atomic mass is 32.1. The van der Waals surface area contributed by atoms with Crippen LogP contribution in [0.25, 0.3) is 0 Å². The minimum absolute atomic E-state index is 0.0764. The number of thiophene rings is 1. The minimum atomic E-state index is -0.366. The lowest BCUT2D eigenvalue weighted by molar-refractivity contribution is -0.131. The molecule has 0 spiro atoms. The van der Waals surface area contributed by atoms with E-state index in [1.54, 1.807) is 0 Å². The van der Waals surface area contributed by atoms with E-state index < -0.39 is 0 Å². The van der Waals surface area contributed by atoms with Gasteiger partial charge in [-0.3, -0.25) is 4.79 Å². The van der Waals surface area contributed by atoms with Crippen molar-refractivity contribution in [2.24, 2.45) is 0 Å². The molecule has 0 aliphatic heterocycles. The fraction of sp³-hybridized carbons (Fsp3) is 0.583. The molecule has 1 heterocycles. The summed E-state index contributed by atoms with van der Waals surface area (Å²) in [7, 11) is 0. The normalized spacial score (nSPS) is 10.8. The Bertz CT molecular complexity index is 345. The van der Waals surface area contributed by atoms with Gasteiger partial charge in [0.25, 0.3) is 5.91 Å².